The summed E-state index contributed by atoms with van der Waals surface area (Å²) in [6.45, 7) is 3.12. The third-order valence-electron chi connectivity index (χ3n) is 4.64. The maximum atomic E-state index is 9.10. The molecule has 0 spiro atoms. The number of aromatic nitrogens is 2. The molecule has 5 N–H and O–H groups in total. The Kier molecular flexibility index (Phi) is 9.52. The summed E-state index contributed by atoms with van der Waals surface area (Å²) in [6, 6.07) is 13.2. The third kappa shape index (κ3) is 7.86. The lowest BCUT2D eigenvalue weighted by Gasteiger charge is -2.15. The van der Waals surface area contributed by atoms with E-state index in [1.165, 1.54) is 16.8 Å². The van der Waals surface area contributed by atoms with E-state index in [4.69, 9.17) is 44.6 Å². The minimum atomic E-state index is -1.82. The molecule has 13 heteroatoms. The number of hydrogen-bond donors (Lipinski definition) is 5. The first-order valence-electron chi connectivity index (χ1n) is 9.93. The van der Waals surface area contributed by atoms with Crippen LogP contribution < -0.4 is 5.32 Å². The maximum Gasteiger partial charge on any atom is 0.414 e. The monoisotopic (exact) mass is 492 g/mol. The number of para-hydroxylation sites is 2. The van der Waals surface area contributed by atoms with Crippen LogP contribution in [0.5, 0.6) is 0 Å². The summed E-state index contributed by atoms with van der Waals surface area (Å²) < 4.78 is 2.31. The molecule has 1 saturated heterocycles. The summed E-state index contributed by atoms with van der Waals surface area (Å²) >= 11 is 1.80. The normalized spacial score (nSPS) is 14.9. The molecule has 0 amide bonds. The van der Waals surface area contributed by atoms with Crippen LogP contribution in [-0.4, -0.2) is 84.9 Å². The molecule has 1 aromatic carbocycles. The van der Waals surface area contributed by atoms with Crippen LogP contribution in [0.3, 0.4) is 0 Å². The molecule has 182 valence electrons. The molecule has 0 aliphatic carbocycles. The van der Waals surface area contributed by atoms with Crippen molar-refractivity contribution < 1.29 is 39.6 Å². The lowest BCUT2D eigenvalue weighted by molar-refractivity contribution is -0.159. The lowest BCUT2D eigenvalue weighted by atomic mass is 10.3. The number of carboxylic acid groups (broad SMARTS) is 4. The number of likely N-dealkylation sites (tertiary alicyclic amines) is 1. The molecule has 1 unspecified atom stereocenters. The molecule has 1 aliphatic rings. The highest BCUT2D eigenvalue weighted by molar-refractivity contribution is 7.09. The highest BCUT2D eigenvalue weighted by Gasteiger charge is 2.21. The summed E-state index contributed by atoms with van der Waals surface area (Å²) in [5.74, 6) is -6.30. The van der Waals surface area contributed by atoms with Crippen molar-refractivity contribution in [3.05, 3.63) is 46.7 Å². The largest absolute Gasteiger partial charge is 0.473 e. The minimum absolute atomic E-state index is 0.490. The summed E-state index contributed by atoms with van der Waals surface area (Å²) in [5.41, 5.74) is 2.26. The van der Waals surface area contributed by atoms with Gasteiger partial charge < -0.3 is 35.2 Å². The van der Waals surface area contributed by atoms with Gasteiger partial charge in [-0.05, 0) is 43.6 Å². The number of benzene rings is 1. The van der Waals surface area contributed by atoms with Gasteiger partial charge in [-0.3, -0.25) is 0 Å². The molecule has 0 radical (unpaired) electrons. The summed E-state index contributed by atoms with van der Waals surface area (Å²) in [4.78, 5) is 44.9. The summed E-state index contributed by atoms with van der Waals surface area (Å²) in [6.07, 6.45) is 1.18. The predicted molar refractivity (Wildman–Crippen MR) is 123 cm³/mol. The highest BCUT2D eigenvalue weighted by Crippen LogP contribution is 2.24. The molecule has 1 aliphatic heterocycles. The first kappa shape index (κ1) is 26.3. The zero-order valence-corrected chi connectivity index (χ0v) is 18.9. The molecule has 34 heavy (non-hydrogen) atoms. The minimum Gasteiger partial charge on any atom is -0.473 e. The van der Waals surface area contributed by atoms with Gasteiger partial charge in [0.2, 0.25) is 5.95 Å². The van der Waals surface area contributed by atoms with Gasteiger partial charge >= 0.3 is 23.9 Å². The van der Waals surface area contributed by atoms with E-state index in [0.717, 1.165) is 31.1 Å². The number of anilines is 1. The van der Waals surface area contributed by atoms with Crippen molar-refractivity contribution in [1.29, 1.82) is 0 Å². The van der Waals surface area contributed by atoms with Crippen molar-refractivity contribution >= 4 is 52.2 Å². The SMILES string of the molecule is CN1CCC(Nc2nc3ccccc3n2Cc2cccs2)C1.O=C(O)C(=O)O.O=C(O)C(=O)O. The number of likely N-dealkylation sites (N-methyl/N-ethyl adjacent to an activating group) is 1. The smallest absolute Gasteiger partial charge is 0.414 e. The molecule has 3 heterocycles. The van der Waals surface area contributed by atoms with Crippen LogP contribution in [0.25, 0.3) is 11.0 Å². The topological polar surface area (TPSA) is 182 Å². The van der Waals surface area contributed by atoms with Gasteiger partial charge in [-0.1, -0.05) is 18.2 Å². The van der Waals surface area contributed by atoms with Gasteiger partial charge in [0.05, 0.1) is 17.6 Å². The molecule has 1 fully saturated rings. The first-order chi connectivity index (χ1) is 16.1. The molecule has 12 nitrogen and oxygen atoms in total. The van der Waals surface area contributed by atoms with Crippen molar-refractivity contribution in [1.82, 2.24) is 14.5 Å². The number of imidazole rings is 1. The standard InChI is InChI=1S/C17H20N4S.2C2H2O4/c1-20-9-8-13(11-20)18-17-19-15-6-2-3-7-16(15)21(17)12-14-5-4-10-22-14;2*3-1(4)2(5)6/h2-7,10,13H,8-9,11-12H2,1H3,(H,18,19);2*(H,3,4)(H,5,6). The van der Waals surface area contributed by atoms with Gasteiger partial charge in [-0.2, -0.15) is 0 Å². The molecule has 3 aromatic rings. The summed E-state index contributed by atoms with van der Waals surface area (Å²) in [7, 11) is 2.18. The number of nitrogens with one attached hydrogen (secondary N) is 1. The van der Waals surface area contributed by atoms with Crippen LogP contribution >= 0.6 is 11.3 Å². The van der Waals surface area contributed by atoms with E-state index >= 15 is 0 Å². The lowest BCUT2D eigenvalue weighted by Crippen LogP contribution is -2.25. The fourth-order valence-electron chi connectivity index (χ4n) is 3.14. The van der Waals surface area contributed by atoms with Crippen LogP contribution in [0.15, 0.2) is 41.8 Å². The van der Waals surface area contributed by atoms with Crippen LogP contribution in [-0.2, 0) is 25.7 Å². The van der Waals surface area contributed by atoms with Gasteiger partial charge in [-0.15, -0.1) is 11.3 Å². The Morgan fingerprint density at radius 1 is 1.00 bits per heavy atom. The number of carbonyl (C=O) groups is 4. The second-order valence-corrected chi connectivity index (χ2v) is 8.23. The molecule has 0 saturated carbocycles. The first-order valence-corrected chi connectivity index (χ1v) is 10.8. The van der Waals surface area contributed by atoms with E-state index in [2.05, 4.69) is 63.6 Å². The fourth-order valence-corrected chi connectivity index (χ4v) is 3.83. The Morgan fingerprint density at radius 3 is 2.12 bits per heavy atom. The van der Waals surface area contributed by atoms with E-state index in [-0.39, 0.29) is 0 Å². The Labute approximate surface area is 197 Å². The van der Waals surface area contributed by atoms with Crippen molar-refractivity contribution in [2.75, 3.05) is 25.5 Å². The van der Waals surface area contributed by atoms with E-state index in [9.17, 15) is 0 Å². The third-order valence-corrected chi connectivity index (χ3v) is 5.50. The molecule has 4 rings (SSSR count). The van der Waals surface area contributed by atoms with E-state index < -0.39 is 23.9 Å². The van der Waals surface area contributed by atoms with Gasteiger partial charge in [0.15, 0.2) is 0 Å². The van der Waals surface area contributed by atoms with Gasteiger partial charge in [-0.25, -0.2) is 24.2 Å². The van der Waals surface area contributed by atoms with E-state index in [1.54, 1.807) is 11.3 Å². The van der Waals surface area contributed by atoms with Crippen molar-refractivity contribution in [3.63, 3.8) is 0 Å². The van der Waals surface area contributed by atoms with Gasteiger partial charge in [0.1, 0.15) is 0 Å². The fraction of sp³-hybridized carbons (Fsp3) is 0.286. The van der Waals surface area contributed by atoms with Gasteiger partial charge in [0, 0.05) is 17.5 Å². The summed E-state index contributed by atoms with van der Waals surface area (Å²) in [5, 5.41) is 35.4. The Balaban J connectivity index is 0.000000285. The van der Waals surface area contributed by atoms with Gasteiger partial charge in [0.25, 0.3) is 0 Å². The van der Waals surface area contributed by atoms with E-state index in [1.807, 2.05) is 0 Å². The van der Waals surface area contributed by atoms with Crippen LogP contribution in [0.1, 0.15) is 11.3 Å². The number of fused-ring (bicyclic) bond motifs is 1. The Hall–Kier alpha value is -3.97. The zero-order chi connectivity index (χ0) is 25.3. The number of thiophene rings is 1. The zero-order valence-electron chi connectivity index (χ0n) is 18.1. The molecular weight excluding hydrogens is 468 g/mol. The maximum absolute atomic E-state index is 9.10. The number of rotatable bonds is 4. The number of carboxylic acids is 4. The average molecular weight is 493 g/mol. The molecular formula is C21H24N4O8S. The predicted octanol–water partition coefficient (Wildman–Crippen LogP) is 1.57. The Bertz CT molecular complexity index is 1100. The number of aliphatic carboxylic acids is 4. The molecule has 1 atom stereocenters. The van der Waals surface area contributed by atoms with E-state index in [0.29, 0.717) is 6.04 Å². The van der Waals surface area contributed by atoms with Crippen LogP contribution in [0, 0.1) is 0 Å². The second kappa shape index (κ2) is 12.3. The number of nitrogens with zero attached hydrogens (tertiary/aromatic N) is 3. The highest BCUT2D eigenvalue weighted by atomic mass is 32.1. The molecule has 0 bridgehead atoms. The van der Waals surface area contributed by atoms with Crippen molar-refractivity contribution in [3.8, 4) is 0 Å². The number of hydrogen-bond acceptors (Lipinski definition) is 8. The van der Waals surface area contributed by atoms with Crippen LogP contribution in [0.2, 0.25) is 0 Å². The molecule has 2 aromatic heterocycles. The Morgan fingerprint density at radius 2 is 1.62 bits per heavy atom. The average Bonchev–Trinajstić information content (AvgIpc) is 3.51. The quantitative estimate of drug-likeness (QED) is 0.333. The van der Waals surface area contributed by atoms with Crippen molar-refractivity contribution in [2.24, 2.45) is 0 Å². The van der Waals surface area contributed by atoms with Crippen LogP contribution in [0.4, 0.5) is 5.95 Å². The van der Waals surface area contributed by atoms with Crippen molar-refractivity contribution in [2.45, 2.75) is 19.0 Å². The second-order valence-electron chi connectivity index (χ2n) is 7.20.